The number of rotatable bonds is 2. The number of hydrogen-bond donors (Lipinski definition) is 2. The molecule has 0 aromatic heterocycles. The van der Waals surface area contributed by atoms with E-state index in [1.165, 1.54) is 0 Å². The Morgan fingerprint density at radius 1 is 1.33 bits per heavy atom. The summed E-state index contributed by atoms with van der Waals surface area (Å²) >= 11 is 0. The van der Waals surface area contributed by atoms with E-state index in [0.29, 0.717) is 5.56 Å². The summed E-state index contributed by atoms with van der Waals surface area (Å²) in [6.07, 6.45) is 0. The Bertz CT molecular complexity index is 267. The van der Waals surface area contributed by atoms with Gasteiger partial charge in [-0.15, -0.1) is 0 Å². The molecule has 0 fully saturated rings. The van der Waals surface area contributed by atoms with Crippen molar-refractivity contribution < 1.29 is 10.2 Å². The zero-order valence-electron chi connectivity index (χ0n) is 7.41. The Morgan fingerprint density at radius 3 is 2.50 bits per heavy atom. The van der Waals surface area contributed by atoms with Crippen LogP contribution < -0.4 is 0 Å². The first-order valence-corrected chi connectivity index (χ1v) is 4.08. The fraction of sp³-hybridized carbons (Fsp3) is 0.400. The maximum absolute atomic E-state index is 9.60. The van der Waals surface area contributed by atoms with Crippen LogP contribution in [0.3, 0.4) is 0 Å². The van der Waals surface area contributed by atoms with E-state index in [0.717, 1.165) is 5.56 Å². The average Bonchev–Trinajstić information content (AvgIpc) is 2.04. The van der Waals surface area contributed by atoms with Gasteiger partial charge in [-0.25, -0.2) is 0 Å². The van der Waals surface area contributed by atoms with Crippen LogP contribution in [0.1, 0.15) is 30.9 Å². The van der Waals surface area contributed by atoms with Crippen LogP contribution in [0.15, 0.2) is 18.2 Å². The fourth-order valence-electron chi connectivity index (χ4n) is 1.20. The van der Waals surface area contributed by atoms with Crippen molar-refractivity contribution in [2.75, 3.05) is 0 Å². The Labute approximate surface area is 72.5 Å². The van der Waals surface area contributed by atoms with Crippen molar-refractivity contribution in [2.45, 2.75) is 26.4 Å². The first-order chi connectivity index (χ1) is 5.66. The van der Waals surface area contributed by atoms with Gasteiger partial charge in [0, 0.05) is 5.56 Å². The molecule has 1 aromatic carbocycles. The normalized spacial score (nSPS) is 10.7. The molecule has 0 atom stereocenters. The molecule has 1 aromatic rings. The van der Waals surface area contributed by atoms with E-state index >= 15 is 0 Å². The highest BCUT2D eigenvalue weighted by atomic mass is 16.3. The predicted octanol–water partition coefficient (Wildman–Crippen LogP) is 2.01. The fourth-order valence-corrected chi connectivity index (χ4v) is 1.20. The van der Waals surface area contributed by atoms with Crippen molar-refractivity contribution in [1.29, 1.82) is 0 Å². The number of phenols is 1. The second-order valence-electron chi connectivity index (χ2n) is 3.17. The minimum atomic E-state index is -0.105. The number of aromatic hydroxyl groups is 1. The smallest absolute Gasteiger partial charge is 0.124 e. The number of para-hydroxylation sites is 1. The molecule has 0 heterocycles. The lowest BCUT2D eigenvalue weighted by atomic mass is 9.99. The molecular formula is C10H14O2. The van der Waals surface area contributed by atoms with Crippen LogP contribution in [0.25, 0.3) is 0 Å². The summed E-state index contributed by atoms with van der Waals surface area (Å²) in [5.74, 6) is 0.520. The van der Waals surface area contributed by atoms with E-state index in [9.17, 15) is 5.11 Å². The van der Waals surface area contributed by atoms with Crippen LogP contribution in [0, 0.1) is 0 Å². The number of hydrogen-bond acceptors (Lipinski definition) is 2. The summed E-state index contributed by atoms with van der Waals surface area (Å²) in [6.45, 7) is 3.92. The van der Waals surface area contributed by atoms with E-state index in [-0.39, 0.29) is 18.3 Å². The monoisotopic (exact) mass is 166 g/mol. The summed E-state index contributed by atoms with van der Waals surface area (Å²) in [4.78, 5) is 0. The molecule has 1 rings (SSSR count). The molecule has 0 aliphatic heterocycles. The zero-order chi connectivity index (χ0) is 9.14. The average molecular weight is 166 g/mol. The van der Waals surface area contributed by atoms with Crippen LogP contribution in [-0.2, 0) is 6.61 Å². The lowest BCUT2D eigenvalue weighted by Crippen LogP contribution is -1.92. The highest BCUT2D eigenvalue weighted by Crippen LogP contribution is 2.28. The van der Waals surface area contributed by atoms with Crippen molar-refractivity contribution in [2.24, 2.45) is 0 Å². The Balaban J connectivity index is 3.14. The lowest BCUT2D eigenvalue weighted by molar-refractivity contribution is 0.275. The summed E-state index contributed by atoms with van der Waals surface area (Å²) in [7, 11) is 0. The van der Waals surface area contributed by atoms with E-state index in [4.69, 9.17) is 5.11 Å². The predicted molar refractivity (Wildman–Crippen MR) is 48.1 cm³/mol. The highest BCUT2D eigenvalue weighted by Gasteiger charge is 2.08. The molecule has 0 saturated carbocycles. The molecular weight excluding hydrogens is 152 g/mol. The van der Waals surface area contributed by atoms with Gasteiger partial charge in [0.05, 0.1) is 6.61 Å². The summed E-state index contributed by atoms with van der Waals surface area (Å²) in [5, 5.41) is 18.5. The van der Waals surface area contributed by atoms with Gasteiger partial charge in [-0.1, -0.05) is 32.0 Å². The van der Waals surface area contributed by atoms with Crippen LogP contribution in [-0.4, -0.2) is 10.2 Å². The van der Waals surface area contributed by atoms with Gasteiger partial charge in [0.2, 0.25) is 0 Å². The largest absolute Gasteiger partial charge is 0.507 e. The van der Waals surface area contributed by atoms with E-state index in [1.807, 2.05) is 26.0 Å². The van der Waals surface area contributed by atoms with Crippen molar-refractivity contribution in [3.8, 4) is 5.75 Å². The maximum atomic E-state index is 9.60. The van der Waals surface area contributed by atoms with E-state index in [2.05, 4.69) is 0 Å². The Morgan fingerprint density at radius 2 is 2.00 bits per heavy atom. The minimum absolute atomic E-state index is 0.105. The zero-order valence-corrected chi connectivity index (χ0v) is 7.41. The molecule has 0 spiro atoms. The summed E-state index contributed by atoms with van der Waals surface area (Å²) in [6, 6.07) is 5.45. The van der Waals surface area contributed by atoms with Crippen molar-refractivity contribution in [3.05, 3.63) is 29.3 Å². The Hall–Kier alpha value is -1.02. The molecule has 12 heavy (non-hydrogen) atoms. The topological polar surface area (TPSA) is 40.5 Å². The molecule has 0 aliphatic carbocycles. The second-order valence-corrected chi connectivity index (χ2v) is 3.17. The third kappa shape index (κ3) is 1.59. The summed E-state index contributed by atoms with van der Waals surface area (Å²) in [5.41, 5.74) is 1.49. The lowest BCUT2D eigenvalue weighted by Gasteiger charge is -2.10. The van der Waals surface area contributed by atoms with Gasteiger partial charge in [-0.3, -0.25) is 0 Å². The van der Waals surface area contributed by atoms with Crippen molar-refractivity contribution >= 4 is 0 Å². The van der Waals surface area contributed by atoms with Gasteiger partial charge < -0.3 is 10.2 Å². The molecule has 2 N–H and O–H groups in total. The molecule has 0 saturated heterocycles. The highest BCUT2D eigenvalue weighted by molar-refractivity contribution is 5.41. The van der Waals surface area contributed by atoms with Gasteiger partial charge >= 0.3 is 0 Å². The molecule has 0 amide bonds. The van der Waals surface area contributed by atoms with Gasteiger partial charge in [0.1, 0.15) is 5.75 Å². The Kier molecular flexibility index (Phi) is 2.71. The van der Waals surface area contributed by atoms with E-state index in [1.54, 1.807) is 6.07 Å². The third-order valence-electron chi connectivity index (χ3n) is 1.94. The van der Waals surface area contributed by atoms with Gasteiger partial charge in [-0.05, 0) is 11.5 Å². The second kappa shape index (κ2) is 3.59. The molecule has 0 unspecified atom stereocenters. The minimum Gasteiger partial charge on any atom is -0.507 e. The molecule has 2 nitrogen and oxygen atoms in total. The number of aliphatic hydroxyl groups is 1. The molecule has 0 bridgehead atoms. The van der Waals surface area contributed by atoms with Crippen molar-refractivity contribution in [3.63, 3.8) is 0 Å². The van der Waals surface area contributed by atoms with Crippen LogP contribution in [0.4, 0.5) is 0 Å². The van der Waals surface area contributed by atoms with Gasteiger partial charge in [0.15, 0.2) is 0 Å². The van der Waals surface area contributed by atoms with Crippen LogP contribution in [0.2, 0.25) is 0 Å². The van der Waals surface area contributed by atoms with Crippen LogP contribution >= 0.6 is 0 Å². The quantitative estimate of drug-likeness (QED) is 0.705. The maximum Gasteiger partial charge on any atom is 0.124 e. The number of benzene rings is 1. The van der Waals surface area contributed by atoms with Gasteiger partial charge in [0.25, 0.3) is 0 Å². The number of aliphatic hydroxyl groups excluding tert-OH is 1. The molecule has 0 radical (unpaired) electrons. The summed E-state index contributed by atoms with van der Waals surface area (Å²) < 4.78 is 0. The first kappa shape index (κ1) is 9.07. The molecule has 2 heteroatoms. The van der Waals surface area contributed by atoms with E-state index < -0.39 is 0 Å². The van der Waals surface area contributed by atoms with Crippen molar-refractivity contribution in [1.82, 2.24) is 0 Å². The first-order valence-electron chi connectivity index (χ1n) is 4.08. The van der Waals surface area contributed by atoms with Gasteiger partial charge in [-0.2, -0.15) is 0 Å². The SMILES string of the molecule is CC(C)c1cccc(CO)c1O. The standard InChI is InChI=1S/C10H14O2/c1-7(2)9-5-3-4-8(6-11)10(9)12/h3-5,7,11-12H,6H2,1-2H3. The molecule has 66 valence electrons. The molecule has 0 aliphatic rings. The third-order valence-corrected chi connectivity index (χ3v) is 1.94. The van der Waals surface area contributed by atoms with Crippen LogP contribution in [0.5, 0.6) is 5.75 Å².